The zero-order valence-corrected chi connectivity index (χ0v) is 24.1. The number of alkyl halides is 3. The Hall–Kier alpha value is -3.78. The molecule has 1 atom stereocenters. The second kappa shape index (κ2) is 11.4. The molecule has 2 aliphatic rings. The van der Waals surface area contributed by atoms with Gasteiger partial charge in [-0.05, 0) is 52.5 Å². The van der Waals surface area contributed by atoms with Crippen molar-refractivity contribution in [2.75, 3.05) is 18.5 Å². The quantitative estimate of drug-likeness (QED) is 0.245. The number of pyridine rings is 2. The summed E-state index contributed by atoms with van der Waals surface area (Å²) in [5.41, 5.74) is 1.10. The Bertz CT molecular complexity index is 1590. The van der Waals surface area contributed by atoms with E-state index in [1.54, 1.807) is 12.4 Å². The molecule has 4 aromatic heterocycles. The monoisotopic (exact) mass is 603 g/mol. The van der Waals surface area contributed by atoms with Gasteiger partial charge in [-0.3, -0.25) is 9.36 Å². The molecule has 0 amide bonds. The molecule has 6 rings (SSSR count). The Balaban J connectivity index is 1.22. The number of nitrogens with zero attached hydrogens (tertiary/aromatic N) is 6. The number of halogens is 4. The van der Waals surface area contributed by atoms with Crippen LogP contribution < -0.4 is 10.1 Å². The average Bonchev–Trinajstić information content (AvgIpc) is 3.66. The standard InChI is InChI=1S/C29H33F4N7O3/c1-4-34-24-11-23-21(13-36-24)26(17-12-37-39(14-17)15-20-16-41-28(2,3)43-20)38-40(23)18-5-7-19(8-6-18)42-27-25(30)22(9-10-35-27)29(31,32)33/h9-14,18-20H,4-8,15-16H2,1-3H3,(H,34,36). The predicted molar refractivity (Wildman–Crippen MR) is 149 cm³/mol. The van der Waals surface area contributed by atoms with Gasteiger partial charge in [0.15, 0.2) is 11.6 Å². The van der Waals surface area contributed by atoms with Gasteiger partial charge >= 0.3 is 6.18 Å². The lowest BCUT2D eigenvalue weighted by molar-refractivity contribution is -0.140. The highest BCUT2D eigenvalue weighted by molar-refractivity contribution is 5.93. The lowest BCUT2D eigenvalue weighted by Gasteiger charge is -2.29. The van der Waals surface area contributed by atoms with E-state index in [1.807, 2.05) is 42.4 Å². The number of ether oxygens (including phenoxy) is 3. The van der Waals surface area contributed by atoms with E-state index in [4.69, 9.17) is 19.3 Å². The van der Waals surface area contributed by atoms with E-state index >= 15 is 0 Å². The molecular formula is C29H33F4N7O3. The van der Waals surface area contributed by atoms with E-state index in [-0.39, 0.29) is 12.1 Å². The van der Waals surface area contributed by atoms with E-state index in [1.165, 1.54) is 0 Å². The Kier molecular flexibility index (Phi) is 7.75. The van der Waals surface area contributed by atoms with Gasteiger partial charge in [0.05, 0.1) is 36.5 Å². The highest BCUT2D eigenvalue weighted by Crippen LogP contribution is 2.38. The van der Waals surface area contributed by atoms with Crippen LogP contribution in [0.1, 0.15) is 58.1 Å². The lowest BCUT2D eigenvalue weighted by Crippen LogP contribution is -2.27. The van der Waals surface area contributed by atoms with Crippen molar-refractivity contribution in [1.82, 2.24) is 29.5 Å². The largest absolute Gasteiger partial charge is 0.472 e. The first kappa shape index (κ1) is 29.3. The van der Waals surface area contributed by atoms with Gasteiger partial charge in [-0.1, -0.05) is 0 Å². The van der Waals surface area contributed by atoms with Crippen molar-refractivity contribution in [1.29, 1.82) is 0 Å². The fourth-order valence-corrected chi connectivity index (χ4v) is 5.74. The Morgan fingerprint density at radius 1 is 1.14 bits per heavy atom. The smallest absolute Gasteiger partial charge is 0.419 e. The summed E-state index contributed by atoms with van der Waals surface area (Å²) in [5, 5.41) is 13.7. The van der Waals surface area contributed by atoms with E-state index < -0.39 is 35.3 Å². The van der Waals surface area contributed by atoms with Crippen molar-refractivity contribution >= 4 is 16.7 Å². The first-order chi connectivity index (χ1) is 20.5. The van der Waals surface area contributed by atoms with Gasteiger partial charge < -0.3 is 19.5 Å². The van der Waals surface area contributed by atoms with Gasteiger partial charge in [-0.25, -0.2) is 14.4 Å². The van der Waals surface area contributed by atoms with Gasteiger partial charge in [0.1, 0.15) is 23.7 Å². The van der Waals surface area contributed by atoms with Crippen LogP contribution in [0.3, 0.4) is 0 Å². The summed E-state index contributed by atoms with van der Waals surface area (Å²) in [6, 6.07) is 2.57. The van der Waals surface area contributed by atoms with E-state index in [0.717, 1.165) is 34.2 Å². The molecule has 1 N–H and O–H groups in total. The summed E-state index contributed by atoms with van der Waals surface area (Å²) in [6.07, 6.45) is 3.28. The van der Waals surface area contributed by atoms with Crippen LogP contribution in [-0.2, 0) is 22.2 Å². The van der Waals surface area contributed by atoms with Crippen molar-refractivity contribution in [3.8, 4) is 17.1 Å². The molecule has 230 valence electrons. The fourth-order valence-electron chi connectivity index (χ4n) is 5.74. The first-order valence-electron chi connectivity index (χ1n) is 14.4. The summed E-state index contributed by atoms with van der Waals surface area (Å²) in [4.78, 5) is 8.29. The van der Waals surface area contributed by atoms with E-state index in [9.17, 15) is 17.6 Å². The molecule has 43 heavy (non-hydrogen) atoms. The number of hydrogen-bond acceptors (Lipinski definition) is 8. The number of aromatic nitrogens is 6. The molecule has 1 aliphatic carbocycles. The van der Waals surface area contributed by atoms with E-state index in [2.05, 4.69) is 20.4 Å². The summed E-state index contributed by atoms with van der Waals surface area (Å²) >= 11 is 0. The van der Waals surface area contributed by atoms with Crippen LogP contribution in [0, 0.1) is 5.82 Å². The molecule has 1 saturated heterocycles. The van der Waals surface area contributed by atoms with E-state index in [0.29, 0.717) is 51.4 Å². The van der Waals surface area contributed by atoms with Crippen LogP contribution in [-0.4, -0.2) is 60.7 Å². The fraction of sp³-hybridized carbons (Fsp3) is 0.517. The molecule has 5 heterocycles. The third-order valence-electron chi connectivity index (χ3n) is 7.74. The van der Waals surface area contributed by atoms with Crippen molar-refractivity contribution < 1.29 is 31.8 Å². The average molecular weight is 604 g/mol. The maximum atomic E-state index is 14.5. The third kappa shape index (κ3) is 6.16. The second-order valence-corrected chi connectivity index (χ2v) is 11.3. The highest BCUT2D eigenvalue weighted by Gasteiger charge is 2.37. The zero-order chi connectivity index (χ0) is 30.4. The lowest BCUT2D eigenvalue weighted by atomic mass is 9.93. The summed E-state index contributed by atoms with van der Waals surface area (Å²) in [6.45, 7) is 7.49. The summed E-state index contributed by atoms with van der Waals surface area (Å²) in [5.74, 6) is -2.00. The van der Waals surface area contributed by atoms with Gasteiger partial charge in [0, 0.05) is 42.2 Å². The number of hydrogen-bond donors (Lipinski definition) is 1. The molecule has 10 nitrogen and oxygen atoms in total. The molecule has 2 fully saturated rings. The van der Waals surface area contributed by atoms with Crippen molar-refractivity contribution in [2.45, 2.75) is 83.2 Å². The molecule has 0 aromatic carbocycles. The van der Waals surface area contributed by atoms with Crippen LogP contribution in [0.15, 0.2) is 36.9 Å². The summed E-state index contributed by atoms with van der Waals surface area (Å²) < 4.78 is 74.9. The minimum Gasteiger partial charge on any atom is -0.472 e. The number of rotatable bonds is 8. The molecule has 0 spiro atoms. The van der Waals surface area contributed by atoms with Gasteiger partial charge in [-0.2, -0.15) is 23.4 Å². The molecule has 0 radical (unpaired) electrons. The second-order valence-electron chi connectivity index (χ2n) is 11.3. The maximum Gasteiger partial charge on any atom is 0.419 e. The molecule has 4 aromatic rings. The first-order valence-corrected chi connectivity index (χ1v) is 14.4. The molecule has 1 saturated carbocycles. The van der Waals surface area contributed by atoms with Gasteiger partial charge in [0.2, 0.25) is 0 Å². The number of anilines is 1. The predicted octanol–water partition coefficient (Wildman–Crippen LogP) is 5.99. The highest BCUT2D eigenvalue weighted by atomic mass is 19.4. The Morgan fingerprint density at radius 2 is 1.93 bits per heavy atom. The van der Waals surface area contributed by atoms with Crippen LogP contribution in [0.5, 0.6) is 5.88 Å². The van der Waals surface area contributed by atoms with Crippen LogP contribution in [0.4, 0.5) is 23.4 Å². The number of nitrogens with one attached hydrogen (secondary N) is 1. The SMILES string of the molecule is CCNc1cc2c(cn1)c(-c1cnn(CC3COC(C)(C)O3)c1)nn2C1CCC(Oc2nccc(C(F)(F)F)c2F)CC1. The number of fused-ring (bicyclic) bond motifs is 1. The molecule has 14 heteroatoms. The van der Waals surface area contributed by atoms with Crippen LogP contribution in [0.25, 0.3) is 22.2 Å². The third-order valence-corrected chi connectivity index (χ3v) is 7.74. The minimum absolute atomic E-state index is 0.00592. The minimum atomic E-state index is -4.83. The van der Waals surface area contributed by atoms with Gasteiger partial charge in [0.25, 0.3) is 5.88 Å². The zero-order valence-electron chi connectivity index (χ0n) is 24.1. The topological polar surface area (TPSA) is 101 Å². The van der Waals surface area contributed by atoms with Crippen molar-refractivity contribution in [3.63, 3.8) is 0 Å². The van der Waals surface area contributed by atoms with Crippen LogP contribution in [0.2, 0.25) is 0 Å². The maximum absolute atomic E-state index is 14.5. The molecule has 1 unspecified atom stereocenters. The Morgan fingerprint density at radius 3 is 2.63 bits per heavy atom. The van der Waals surface area contributed by atoms with Gasteiger partial charge in [-0.15, -0.1) is 0 Å². The van der Waals surface area contributed by atoms with Crippen molar-refractivity contribution in [3.05, 3.63) is 48.3 Å². The molecule has 0 bridgehead atoms. The molecular weight excluding hydrogens is 570 g/mol. The van der Waals surface area contributed by atoms with Crippen LogP contribution >= 0.6 is 0 Å². The molecule has 1 aliphatic heterocycles. The normalized spacial score (nSPS) is 22.3. The summed E-state index contributed by atoms with van der Waals surface area (Å²) in [7, 11) is 0. The van der Waals surface area contributed by atoms with Crippen molar-refractivity contribution in [2.24, 2.45) is 0 Å². The Labute approximate surface area is 245 Å².